The van der Waals surface area contributed by atoms with Crippen molar-refractivity contribution < 1.29 is 4.74 Å². The molecule has 0 spiro atoms. The molecule has 1 heterocycles. The average molecular weight is 283 g/mol. The Balaban J connectivity index is 2.24. The molecule has 1 aromatic carbocycles. The van der Waals surface area contributed by atoms with E-state index in [4.69, 9.17) is 10.00 Å². The second-order valence-corrected chi connectivity index (χ2v) is 5.01. The number of hydrogen-bond acceptors (Lipinski definition) is 3. The van der Waals surface area contributed by atoms with Gasteiger partial charge in [0, 0.05) is 24.0 Å². The summed E-state index contributed by atoms with van der Waals surface area (Å²) in [4.78, 5) is 0. The largest absolute Gasteiger partial charge is 0.496 e. The number of rotatable bonds is 6. The van der Waals surface area contributed by atoms with Crippen LogP contribution in [0.15, 0.2) is 36.7 Å². The Hall–Kier alpha value is -2.25. The number of nitrogens with one attached hydrogen (secondary N) is 1. The first-order valence-electron chi connectivity index (χ1n) is 7.11. The molecular formula is C17H21N3O. The summed E-state index contributed by atoms with van der Waals surface area (Å²) in [7, 11) is 3.63. The fraction of sp³-hybridized carbons (Fsp3) is 0.353. The summed E-state index contributed by atoms with van der Waals surface area (Å²) < 4.78 is 7.50. The van der Waals surface area contributed by atoms with Crippen LogP contribution in [0.4, 0.5) is 0 Å². The summed E-state index contributed by atoms with van der Waals surface area (Å²) in [5.41, 5.74) is 2.94. The number of benzene rings is 1. The number of nitriles is 1. The van der Waals surface area contributed by atoms with Crippen molar-refractivity contribution in [1.29, 1.82) is 5.26 Å². The number of ether oxygens (including phenoxy) is 1. The quantitative estimate of drug-likeness (QED) is 0.886. The van der Waals surface area contributed by atoms with E-state index in [2.05, 4.69) is 41.3 Å². The molecule has 0 aliphatic carbocycles. The van der Waals surface area contributed by atoms with Crippen molar-refractivity contribution in [3.8, 4) is 11.8 Å². The molecular weight excluding hydrogens is 262 g/mol. The van der Waals surface area contributed by atoms with Gasteiger partial charge < -0.3 is 14.6 Å². The lowest BCUT2D eigenvalue weighted by molar-refractivity contribution is 0.408. The monoisotopic (exact) mass is 283 g/mol. The molecule has 4 heteroatoms. The van der Waals surface area contributed by atoms with E-state index in [9.17, 15) is 0 Å². The van der Waals surface area contributed by atoms with E-state index in [0.717, 1.165) is 17.7 Å². The number of aromatic nitrogens is 1. The Morgan fingerprint density at radius 2 is 2.19 bits per heavy atom. The smallest absolute Gasteiger partial charge is 0.123 e. The molecule has 0 bridgehead atoms. The van der Waals surface area contributed by atoms with Gasteiger partial charge >= 0.3 is 0 Å². The molecule has 0 radical (unpaired) electrons. The van der Waals surface area contributed by atoms with Crippen molar-refractivity contribution in [3.63, 3.8) is 0 Å². The first kappa shape index (κ1) is 15.1. The fourth-order valence-corrected chi connectivity index (χ4v) is 2.54. The van der Waals surface area contributed by atoms with E-state index < -0.39 is 0 Å². The van der Waals surface area contributed by atoms with Gasteiger partial charge in [-0.25, -0.2) is 0 Å². The first-order chi connectivity index (χ1) is 10.2. The summed E-state index contributed by atoms with van der Waals surface area (Å²) in [5, 5.41) is 12.3. The Morgan fingerprint density at radius 1 is 1.38 bits per heavy atom. The highest BCUT2D eigenvalue weighted by molar-refractivity contribution is 5.42. The van der Waals surface area contributed by atoms with Gasteiger partial charge in [-0.1, -0.05) is 6.92 Å². The SMILES string of the molecule is CCC(NC)c1ccn(Cc2cc(C#N)ccc2OC)c1. The van der Waals surface area contributed by atoms with Crippen LogP contribution in [0.5, 0.6) is 5.75 Å². The van der Waals surface area contributed by atoms with Crippen LogP contribution >= 0.6 is 0 Å². The molecule has 1 aromatic heterocycles. The molecule has 1 N–H and O–H groups in total. The topological polar surface area (TPSA) is 50.0 Å². The van der Waals surface area contributed by atoms with Crippen molar-refractivity contribution in [1.82, 2.24) is 9.88 Å². The first-order valence-corrected chi connectivity index (χ1v) is 7.11. The highest BCUT2D eigenvalue weighted by atomic mass is 16.5. The Kier molecular flexibility index (Phi) is 5.02. The molecule has 1 unspecified atom stereocenters. The minimum absolute atomic E-state index is 0.374. The Labute approximate surface area is 126 Å². The van der Waals surface area contributed by atoms with Crippen molar-refractivity contribution in [2.75, 3.05) is 14.2 Å². The highest BCUT2D eigenvalue weighted by Gasteiger charge is 2.10. The van der Waals surface area contributed by atoms with Crippen LogP contribution in [0.25, 0.3) is 0 Å². The van der Waals surface area contributed by atoms with Gasteiger partial charge in [-0.15, -0.1) is 0 Å². The van der Waals surface area contributed by atoms with Gasteiger partial charge in [0.05, 0.1) is 25.3 Å². The molecule has 0 amide bonds. The summed E-state index contributed by atoms with van der Waals surface area (Å²) in [6, 6.07) is 10.2. The van der Waals surface area contributed by atoms with Crippen LogP contribution in [0.2, 0.25) is 0 Å². The zero-order chi connectivity index (χ0) is 15.2. The Bertz CT molecular complexity index is 636. The molecule has 0 saturated carbocycles. The van der Waals surface area contributed by atoms with Gasteiger partial charge in [-0.3, -0.25) is 0 Å². The zero-order valence-corrected chi connectivity index (χ0v) is 12.8. The molecule has 110 valence electrons. The van der Waals surface area contributed by atoms with Gasteiger partial charge in [0.15, 0.2) is 0 Å². The van der Waals surface area contributed by atoms with Gasteiger partial charge in [-0.2, -0.15) is 5.26 Å². The molecule has 2 aromatic rings. The minimum atomic E-state index is 0.374. The second-order valence-electron chi connectivity index (χ2n) is 5.01. The molecule has 0 aliphatic heterocycles. The minimum Gasteiger partial charge on any atom is -0.496 e. The molecule has 0 aliphatic rings. The fourth-order valence-electron chi connectivity index (χ4n) is 2.54. The molecule has 0 fully saturated rings. The van der Waals surface area contributed by atoms with Gasteiger partial charge in [-0.05, 0) is 43.3 Å². The predicted octanol–water partition coefficient (Wildman–Crippen LogP) is 3.09. The van der Waals surface area contributed by atoms with Crippen LogP contribution in [-0.4, -0.2) is 18.7 Å². The number of hydrogen-bond donors (Lipinski definition) is 1. The third-order valence-electron chi connectivity index (χ3n) is 3.69. The van der Waals surface area contributed by atoms with E-state index >= 15 is 0 Å². The summed E-state index contributed by atoms with van der Waals surface area (Å²) >= 11 is 0. The maximum absolute atomic E-state index is 9.03. The molecule has 0 saturated heterocycles. The van der Waals surface area contributed by atoms with Crippen LogP contribution in [0, 0.1) is 11.3 Å². The van der Waals surface area contributed by atoms with Gasteiger partial charge in [0.2, 0.25) is 0 Å². The lowest BCUT2D eigenvalue weighted by Crippen LogP contribution is -2.14. The van der Waals surface area contributed by atoms with E-state index in [1.165, 1.54) is 5.56 Å². The molecule has 4 nitrogen and oxygen atoms in total. The third kappa shape index (κ3) is 3.45. The van der Waals surface area contributed by atoms with Crippen molar-refractivity contribution in [2.24, 2.45) is 0 Å². The molecule has 2 rings (SSSR count). The summed E-state index contributed by atoms with van der Waals surface area (Å²) in [6.07, 6.45) is 5.25. The van der Waals surface area contributed by atoms with Gasteiger partial charge in [0.1, 0.15) is 5.75 Å². The number of nitrogens with zero attached hydrogens (tertiary/aromatic N) is 2. The highest BCUT2D eigenvalue weighted by Crippen LogP contribution is 2.22. The average Bonchev–Trinajstić information content (AvgIpc) is 2.97. The van der Waals surface area contributed by atoms with E-state index in [1.54, 1.807) is 13.2 Å². The summed E-state index contributed by atoms with van der Waals surface area (Å²) in [5.74, 6) is 0.810. The maximum atomic E-state index is 9.03. The standard InChI is InChI=1S/C17H21N3O/c1-4-16(19-2)14-7-8-20(11-14)12-15-9-13(10-18)5-6-17(15)21-3/h5-9,11,16,19H,4,12H2,1-3H3. The zero-order valence-electron chi connectivity index (χ0n) is 12.8. The van der Waals surface area contributed by atoms with Crippen molar-refractivity contribution in [3.05, 3.63) is 53.3 Å². The maximum Gasteiger partial charge on any atom is 0.123 e. The molecule has 1 atom stereocenters. The Morgan fingerprint density at radius 3 is 2.81 bits per heavy atom. The predicted molar refractivity (Wildman–Crippen MR) is 83.3 cm³/mol. The third-order valence-corrected chi connectivity index (χ3v) is 3.69. The van der Waals surface area contributed by atoms with Crippen molar-refractivity contribution >= 4 is 0 Å². The van der Waals surface area contributed by atoms with Crippen LogP contribution in [-0.2, 0) is 6.54 Å². The van der Waals surface area contributed by atoms with E-state index in [-0.39, 0.29) is 0 Å². The van der Waals surface area contributed by atoms with E-state index in [1.807, 2.05) is 19.2 Å². The second kappa shape index (κ2) is 6.96. The lowest BCUT2D eigenvalue weighted by atomic mass is 10.1. The van der Waals surface area contributed by atoms with Crippen LogP contribution in [0.3, 0.4) is 0 Å². The number of methoxy groups -OCH3 is 1. The normalized spacial score (nSPS) is 11.9. The van der Waals surface area contributed by atoms with E-state index in [0.29, 0.717) is 18.2 Å². The van der Waals surface area contributed by atoms with Crippen molar-refractivity contribution in [2.45, 2.75) is 25.9 Å². The van der Waals surface area contributed by atoms with Crippen LogP contribution < -0.4 is 10.1 Å². The lowest BCUT2D eigenvalue weighted by Gasteiger charge is -2.12. The van der Waals surface area contributed by atoms with Gasteiger partial charge in [0.25, 0.3) is 0 Å². The summed E-state index contributed by atoms with van der Waals surface area (Å²) in [6.45, 7) is 2.86. The molecule has 21 heavy (non-hydrogen) atoms. The van der Waals surface area contributed by atoms with Crippen LogP contribution in [0.1, 0.15) is 36.1 Å².